The van der Waals surface area contributed by atoms with E-state index in [-0.39, 0.29) is 12.0 Å². The fraction of sp³-hybridized carbons (Fsp3) is 0.300. The molecule has 2 aromatic rings. The van der Waals surface area contributed by atoms with Gasteiger partial charge in [0.15, 0.2) is 5.11 Å². The summed E-state index contributed by atoms with van der Waals surface area (Å²) < 4.78 is 4.80. The summed E-state index contributed by atoms with van der Waals surface area (Å²) in [6.07, 6.45) is 1.97. The van der Waals surface area contributed by atoms with E-state index in [1.165, 1.54) is 12.7 Å². The van der Waals surface area contributed by atoms with Crippen LogP contribution in [0.1, 0.15) is 34.8 Å². The largest absolute Gasteiger partial charge is 0.465 e. The van der Waals surface area contributed by atoms with Crippen molar-refractivity contribution < 1.29 is 9.53 Å². The average molecular weight is 356 g/mol. The van der Waals surface area contributed by atoms with Crippen molar-refractivity contribution in [3.8, 4) is 0 Å². The number of ether oxygens (including phenoxy) is 1. The molecule has 0 unspecified atom stereocenters. The first-order chi connectivity index (χ1) is 12.0. The van der Waals surface area contributed by atoms with E-state index in [9.17, 15) is 4.79 Å². The highest BCUT2D eigenvalue weighted by atomic mass is 32.1. The molecule has 5 heteroatoms. The van der Waals surface area contributed by atoms with E-state index in [4.69, 9.17) is 17.0 Å². The molecule has 0 heterocycles. The highest BCUT2D eigenvalue weighted by molar-refractivity contribution is 7.80. The van der Waals surface area contributed by atoms with Crippen LogP contribution < -0.4 is 10.6 Å². The first-order valence-electron chi connectivity index (χ1n) is 8.30. The molecule has 0 bridgehead atoms. The number of carbonyl (C=O) groups is 1. The summed E-state index contributed by atoms with van der Waals surface area (Å²) in [5.74, 6) is -0.351. The van der Waals surface area contributed by atoms with E-state index in [2.05, 4.69) is 41.8 Å². The summed E-state index contributed by atoms with van der Waals surface area (Å²) in [4.78, 5) is 11.8. The van der Waals surface area contributed by atoms with Gasteiger partial charge in [-0.15, -0.1) is 0 Å². The zero-order valence-corrected chi connectivity index (χ0v) is 15.7. The summed E-state index contributed by atoms with van der Waals surface area (Å²) in [6, 6.07) is 16.1. The highest BCUT2D eigenvalue weighted by Gasteiger charge is 2.13. The van der Waals surface area contributed by atoms with Gasteiger partial charge in [-0.25, -0.2) is 4.79 Å². The Morgan fingerprint density at radius 2 is 1.88 bits per heavy atom. The van der Waals surface area contributed by atoms with Gasteiger partial charge in [-0.1, -0.05) is 36.4 Å². The lowest BCUT2D eigenvalue weighted by Crippen LogP contribution is -2.36. The first kappa shape index (κ1) is 18.9. The fourth-order valence-electron chi connectivity index (χ4n) is 2.58. The second-order valence-electron chi connectivity index (χ2n) is 5.99. The average Bonchev–Trinajstić information content (AvgIpc) is 2.62. The lowest BCUT2D eigenvalue weighted by Gasteiger charge is -2.18. The molecule has 2 N–H and O–H groups in total. The van der Waals surface area contributed by atoms with Crippen LogP contribution >= 0.6 is 12.2 Å². The first-order valence-corrected chi connectivity index (χ1v) is 8.71. The smallest absolute Gasteiger partial charge is 0.338 e. The number of benzene rings is 2. The lowest BCUT2D eigenvalue weighted by molar-refractivity contribution is 0.0600. The third-order valence-electron chi connectivity index (χ3n) is 4.07. The number of aryl methyl sites for hydroxylation is 1. The molecular formula is C20H24N2O2S. The Kier molecular flexibility index (Phi) is 6.95. The van der Waals surface area contributed by atoms with Crippen molar-refractivity contribution in [1.82, 2.24) is 5.32 Å². The Bertz CT molecular complexity index is 732. The maximum absolute atomic E-state index is 11.8. The van der Waals surface area contributed by atoms with Crippen LogP contribution in [0.3, 0.4) is 0 Å². The molecular weight excluding hydrogens is 332 g/mol. The van der Waals surface area contributed by atoms with Gasteiger partial charge in [0, 0.05) is 11.7 Å². The number of rotatable bonds is 6. The van der Waals surface area contributed by atoms with Gasteiger partial charge in [0.2, 0.25) is 0 Å². The standard InChI is InChI=1S/C20H24N2O2S/c1-14(12-13-16-8-5-4-6-9-16)21-20(25)22-18-11-7-10-17(15(18)2)19(23)24-3/h4-11,14H,12-13H2,1-3H3,(H2,21,22,25)/t14-/m0/s1. The molecule has 2 rings (SSSR count). The minimum atomic E-state index is -0.351. The molecule has 132 valence electrons. The molecule has 0 aliphatic heterocycles. The third kappa shape index (κ3) is 5.57. The van der Waals surface area contributed by atoms with Crippen molar-refractivity contribution in [3.05, 3.63) is 65.2 Å². The van der Waals surface area contributed by atoms with Gasteiger partial charge < -0.3 is 15.4 Å². The zero-order chi connectivity index (χ0) is 18.2. The molecule has 0 spiro atoms. The molecule has 1 atom stereocenters. The molecule has 0 amide bonds. The molecule has 2 aromatic carbocycles. The van der Waals surface area contributed by atoms with E-state index >= 15 is 0 Å². The van der Waals surface area contributed by atoms with Crippen LogP contribution in [0, 0.1) is 6.92 Å². The number of hydrogen-bond acceptors (Lipinski definition) is 3. The molecule has 0 aliphatic carbocycles. The molecule has 0 saturated heterocycles. The molecule has 0 fully saturated rings. The molecule has 4 nitrogen and oxygen atoms in total. The summed E-state index contributed by atoms with van der Waals surface area (Å²) in [5.41, 5.74) is 3.47. The minimum Gasteiger partial charge on any atom is -0.465 e. The van der Waals surface area contributed by atoms with Gasteiger partial charge in [-0.3, -0.25) is 0 Å². The Morgan fingerprint density at radius 3 is 2.56 bits per heavy atom. The zero-order valence-electron chi connectivity index (χ0n) is 14.8. The predicted octanol–water partition coefficient (Wildman–Crippen LogP) is 4.09. The van der Waals surface area contributed by atoms with Crippen molar-refractivity contribution in [3.63, 3.8) is 0 Å². The molecule has 0 saturated carbocycles. The van der Waals surface area contributed by atoms with Crippen LogP contribution in [0.2, 0.25) is 0 Å². The van der Waals surface area contributed by atoms with E-state index < -0.39 is 0 Å². The molecule has 25 heavy (non-hydrogen) atoms. The third-order valence-corrected chi connectivity index (χ3v) is 4.29. The number of esters is 1. The monoisotopic (exact) mass is 356 g/mol. The van der Waals surface area contributed by atoms with Gasteiger partial charge in [0.25, 0.3) is 0 Å². The maximum atomic E-state index is 11.8. The van der Waals surface area contributed by atoms with Gasteiger partial charge >= 0.3 is 5.97 Å². The van der Waals surface area contributed by atoms with Gasteiger partial charge in [0.1, 0.15) is 0 Å². The predicted molar refractivity (Wildman–Crippen MR) is 106 cm³/mol. The fourth-order valence-corrected chi connectivity index (χ4v) is 2.90. The van der Waals surface area contributed by atoms with Crippen molar-refractivity contribution >= 4 is 29.0 Å². The number of anilines is 1. The Morgan fingerprint density at radius 1 is 1.16 bits per heavy atom. The number of thiocarbonyl (C=S) groups is 1. The topological polar surface area (TPSA) is 50.4 Å². The van der Waals surface area contributed by atoms with E-state index in [1.54, 1.807) is 6.07 Å². The minimum absolute atomic E-state index is 0.240. The van der Waals surface area contributed by atoms with Crippen LogP contribution in [0.5, 0.6) is 0 Å². The number of carbonyl (C=O) groups excluding carboxylic acids is 1. The van der Waals surface area contributed by atoms with Gasteiger partial charge in [0.05, 0.1) is 12.7 Å². The highest BCUT2D eigenvalue weighted by Crippen LogP contribution is 2.19. The molecule has 0 aromatic heterocycles. The van der Waals surface area contributed by atoms with Crippen LogP contribution in [0.4, 0.5) is 5.69 Å². The van der Waals surface area contributed by atoms with E-state index in [1.807, 2.05) is 25.1 Å². The number of methoxy groups -OCH3 is 1. The van der Waals surface area contributed by atoms with Crippen molar-refractivity contribution in [2.24, 2.45) is 0 Å². The van der Waals surface area contributed by atoms with E-state index in [0.717, 1.165) is 24.1 Å². The maximum Gasteiger partial charge on any atom is 0.338 e. The van der Waals surface area contributed by atoms with Crippen LogP contribution in [0.15, 0.2) is 48.5 Å². The van der Waals surface area contributed by atoms with Crippen molar-refractivity contribution in [2.45, 2.75) is 32.7 Å². The van der Waals surface area contributed by atoms with Crippen LogP contribution in [-0.2, 0) is 11.2 Å². The second kappa shape index (κ2) is 9.18. The number of nitrogens with one attached hydrogen (secondary N) is 2. The van der Waals surface area contributed by atoms with Crippen molar-refractivity contribution in [1.29, 1.82) is 0 Å². The second-order valence-corrected chi connectivity index (χ2v) is 6.40. The summed E-state index contributed by atoms with van der Waals surface area (Å²) in [5, 5.41) is 7.01. The molecule has 0 radical (unpaired) electrons. The van der Waals surface area contributed by atoms with Crippen molar-refractivity contribution in [2.75, 3.05) is 12.4 Å². The summed E-state index contributed by atoms with van der Waals surface area (Å²) in [6.45, 7) is 3.98. The van der Waals surface area contributed by atoms with Gasteiger partial charge in [-0.05, 0) is 62.2 Å². The Balaban J connectivity index is 1.90. The SMILES string of the molecule is COC(=O)c1cccc(NC(=S)N[C@@H](C)CCc2ccccc2)c1C. The van der Waals surface area contributed by atoms with Crippen LogP contribution in [-0.4, -0.2) is 24.2 Å². The Labute approximate surface area is 154 Å². The Hall–Kier alpha value is -2.40. The quantitative estimate of drug-likeness (QED) is 0.603. The summed E-state index contributed by atoms with van der Waals surface area (Å²) >= 11 is 5.40. The number of hydrogen-bond donors (Lipinski definition) is 2. The van der Waals surface area contributed by atoms with Gasteiger partial charge in [-0.2, -0.15) is 0 Å². The summed E-state index contributed by atoms with van der Waals surface area (Å²) in [7, 11) is 1.38. The lowest BCUT2D eigenvalue weighted by atomic mass is 10.1. The van der Waals surface area contributed by atoms with E-state index in [0.29, 0.717) is 10.7 Å². The van der Waals surface area contributed by atoms with Crippen LogP contribution in [0.25, 0.3) is 0 Å². The molecule has 0 aliphatic rings. The normalized spacial score (nSPS) is 11.5.